The summed E-state index contributed by atoms with van der Waals surface area (Å²) >= 11 is 0. The number of carbonyl (C=O) groups excluding carboxylic acids is 1. The van der Waals surface area contributed by atoms with Gasteiger partial charge in [-0.1, -0.05) is 29.8 Å². The van der Waals surface area contributed by atoms with Crippen molar-refractivity contribution in [2.45, 2.75) is 32.7 Å². The van der Waals surface area contributed by atoms with Crippen molar-refractivity contribution >= 4 is 22.5 Å². The van der Waals surface area contributed by atoms with Gasteiger partial charge in [-0.25, -0.2) is 0 Å². The van der Waals surface area contributed by atoms with Crippen LogP contribution in [-0.2, 0) is 13.0 Å². The first-order chi connectivity index (χ1) is 13.7. The van der Waals surface area contributed by atoms with Crippen molar-refractivity contribution in [3.63, 3.8) is 0 Å². The van der Waals surface area contributed by atoms with E-state index >= 15 is 0 Å². The molecule has 1 saturated heterocycles. The zero-order valence-electron chi connectivity index (χ0n) is 16.1. The van der Waals surface area contributed by atoms with Gasteiger partial charge in [-0.15, -0.1) is 0 Å². The Hall–Kier alpha value is -2.95. The molecule has 0 atom stereocenters. The van der Waals surface area contributed by atoms with Crippen molar-refractivity contribution in [3.8, 4) is 0 Å². The number of aromatic nitrogens is 1. The Morgan fingerprint density at radius 1 is 1.14 bits per heavy atom. The van der Waals surface area contributed by atoms with Crippen LogP contribution in [0.2, 0.25) is 0 Å². The van der Waals surface area contributed by atoms with E-state index in [2.05, 4.69) is 46.4 Å². The van der Waals surface area contributed by atoms with Gasteiger partial charge in [0.25, 0.3) is 5.91 Å². The lowest BCUT2D eigenvalue weighted by atomic mass is 9.90. The Kier molecular flexibility index (Phi) is 4.23. The summed E-state index contributed by atoms with van der Waals surface area (Å²) in [6, 6.07) is 14.8. The van der Waals surface area contributed by atoms with Crippen molar-refractivity contribution < 1.29 is 4.79 Å². The van der Waals surface area contributed by atoms with E-state index in [4.69, 9.17) is 0 Å². The summed E-state index contributed by atoms with van der Waals surface area (Å²) in [6.45, 7) is 4.37. The predicted octanol–water partition coefficient (Wildman–Crippen LogP) is 5.17. The van der Waals surface area contributed by atoms with E-state index in [0.717, 1.165) is 54.5 Å². The quantitative estimate of drug-likeness (QED) is 0.677. The molecule has 142 valence electrons. The molecule has 2 aromatic carbocycles. The number of H-pyrrole nitrogens is 1. The van der Waals surface area contributed by atoms with E-state index in [0.29, 0.717) is 18.2 Å². The van der Waals surface area contributed by atoms with E-state index in [1.54, 1.807) is 0 Å². The smallest absolute Gasteiger partial charge is 0.270 e. The van der Waals surface area contributed by atoms with E-state index < -0.39 is 0 Å². The lowest BCUT2D eigenvalue weighted by Crippen LogP contribution is -2.39. The summed E-state index contributed by atoms with van der Waals surface area (Å²) in [6.07, 6.45) is 3.23. The van der Waals surface area contributed by atoms with Gasteiger partial charge in [0, 0.05) is 29.6 Å². The first-order valence-electron chi connectivity index (χ1n) is 10.0. The van der Waals surface area contributed by atoms with Gasteiger partial charge >= 0.3 is 0 Å². The number of likely N-dealkylation sites (tertiary alicyclic amines) is 1. The maximum atomic E-state index is 13.0. The molecule has 0 aliphatic carbocycles. The fraction of sp³-hybridized carbons (Fsp3) is 0.348. The van der Waals surface area contributed by atoms with Gasteiger partial charge in [-0.3, -0.25) is 4.79 Å². The topological polar surface area (TPSA) is 60.8 Å². The van der Waals surface area contributed by atoms with Gasteiger partial charge in [-0.05, 0) is 55.9 Å². The SMILES string of the molecule is Cc1ccc(CC2CCN(C(=O)c3cc4c5c(ccc4[nH]3)N=NC5)CC2)cc1. The maximum Gasteiger partial charge on any atom is 0.270 e. The lowest BCUT2D eigenvalue weighted by Gasteiger charge is -2.31. The summed E-state index contributed by atoms with van der Waals surface area (Å²) in [5, 5.41) is 9.33. The molecule has 1 fully saturated rings. The van der Waals surface area contributed by atoms with Crippen molar-refractivity contribution in [1.29, 1.82) is 0 Å². The van der Waals surface area contributed by atoms with Crippen molar-refractivity contribution in [3.05, 3.63) is 64.8 Å². The van der Waals surface area contributed by atoms with Gasteiger partial charge in [0.1, 0.15) is 5.69 Å². The van der Waals surface area contributed by atoms with Crippen molar-refractivity contribution in [1.82, 2.24) is 9.88 Å². The molecule has 0 radical (unpaired) electrons. The Bertz CT molecular complexity index is 1060. The van der Waals surface area contributed by atoms with Gasteiger partial charge < -0.3 is 9.88 Å². The molecule has 5 nitrogen and oxygen atoms in total. The molecule has 1 N–H and O–H groups in total. The number of hydrogen-bond acceptors (Lipinski definition) is 3. The third kappa shape index (κ3) is 3.11. The molecule has 2 aliphatic rings. The number of nitrogens with zero attached hydrogens (tertiary/aromatic N) is 3. The summed E-state index contributed by atoms with van der Waals surface area (Å²) in [4.78, 5) is 18.3. The molecule has 1 amide bonds. The van der Waals surface area contributed by atoms with Crippen LogP contribution in [0.5, 0.6) is 0 Å². The predicted molar refractivity (Wildman–Crippen MR) is 110 cm³/mol. The zero-order valence-corrected chi connectivity index (χ0v) is 16.1. The molecule has 28 heavy (non-hydrogen) atoms. The normalized spacial score (nSPS) is 16.7. The molecule has 1 aromatic heterocycles. The number of azo groups is 1. The number of aromatic amines is 1. The van der Waals surface area contributed by atoms with Crippen LogP contribution in [-0.4, -0.2) is 28.9 Å². The van der Waals surface area contributed by atoms with Crippen LogP contribution in [0.4, 0.5) is 5.69 Å². The third-order valence-electron chi connectivity index (χ3n) is 6.07. The maximum absolute atomic E-state index is 13.0. The molecule has 0 saturated carbocycles. The summed E-state index contributed by atoms with van der Waals surface area (Å²) in [5.41, 5.74) is 6.40. The number of aryl methyl sites for hydroxylation is 1. The number of rotatable bonds is 3. The molecule has 5 heteroatoms. The van der Waals surface area contributed by atoms with Gasteiger partial charge in [0.2, 0.25) is 0 Å². The highest BCUT2D eigenvalue weighted by atomic mass is 16.2. The van der Waals surface area contributed by atoms with Crippen molar-refractivity contribution in [2.24, 2.45) is 16.1 Å². The Labute approximate surface area is 164 Å². The number of carbonyl (C=O) groups is 1. The largest absolute Gasteiger partial charge is 0.351 e. The van der Waals surface area contributed by atoms with Gasteiger partial charge in [-0.2, -0.15) is 10.2 Å². The lowest BCUT2D eigenvalue weighted by molar-refractivity contribution is 0.0685. The van der Waals surface area contributed by atoms with E-state index in [1.165, 1.54) is 11.1 Å². The fourth-order valence-corrected chi connectivity index (χ4v) is 4.38. The van der Waals surface area contributed by atoms with Crippen LogP contribution in [0.3, 0.4) is 0 Å². The number of fused-ring (bicyclic) bond motifs is 3. The van der Waals surface area contributed by atoms with Crippen LogP contribution in [0.25, 0.3) is 10.9 Å². The first kappa shape index (κ1) is 17.2. The molecule has 5 rings (SSSR count). The second kappa shape index (κ2) is 6.89. The van der Waals surface area contributed by atoms with E-state index in [-0.39, 0.29) is 5.91 Å². The van der Waals surface area contributed by atoms with Crippen molar-refractivity contribution in [2.75, 3.05) is 13.1 Å². The van der Waals surface area contributed by atoms with E-state index in [9.17, 15) is 4.79 Å². The highest BCUT2D eigenvalue weighted by molar-refractivity contribution is 6.00. The minimum Gasteiger partial charge on any atom is -0.351 e. The number of amides is 1. The number of hydrogen-bond donors (Lipinski definition) is 1. The monoisotopic (exact) mass is 372 g/mol. The Morgan fingerprint density at radius 3 is 2.71 bits per heavy atom. The van der Waals surface area contributed by atoms with Crippen LogP contribution < -0.4 is 0 Å². The molecular weight excluding hydrogens is 348 g/mol. The average Bonchev–Trinajstić information content (AvgIpc) is 3.36. The first-order valence-corrected chi connectivity index (χ1v) is 10.0. The molecule has 2 aliphatic heterocycles. The Balaban J connectivity index is 1.26. The molecule has 3 heterocycles. The van der Waals surface area contributed by atoms with Gasteiger partial charge in [0.05, 0.1) is 12.2 Å². The molecule has 0 bridgehead atoms. The molecule has 0 spiro atoms. The van der Waals surface area contributed by atoms with Gasteiger partial charge in [0.15, 0.2) is 0 Å². The molecule has 3 aromatic rings. The standard InChI is InChI=1S/C23H24N4O/c1-15-2-4-16(5-3-15)12-17-8-10-27(11-9-17)23(28)22-13-18-19-14-24-26-21(19)7-6-20(18)25-22/h2-7,13,17,25H,8-12,14H2,1H3. The second-order valence-corrected chi connectivity index (χ2v) is 8.03. The highest BCUT2D eigenvalue weighted by Gasteiger charge is 2.25. The fourth-order valence-electron chi connectivity index (χ4n) is 4.38. The summed E-state index contributed by atoms with van der Waals surface area (Å²) in [5.74, 6) is 0.756. The summed E-state index contributed by atoms with van der Waals surface area (Å²) in [7, 11) is 0. The van der Waals surface area contributed by atoms with Crippen LogP contribution in [0.1, 0.15) is 40.0 Å². The highest BCUT2D eigenvalue weighted by Crippen LogP contribution is 2.34. The molecular formula is C23H24N4O. The summed E-state index contributed by atoms with van der Waals surface area (Å²) < 4.78 is 0. The Morgan fingerprint density at radius 2 is 1.93 bits per heavy atom. The number of benzene rings is 2. The van der Waals surface area contributed by atoms with Crippen LogP contribution in [0, 0.1) is 12.8 Å². The third-order valence-corrected chi connectivity index (χ3v) is 6.07. The van der Waals surface area contributed by atoms with E-state index in [1.807, 2.05) is 23.1 Å². The second-order valence-electron chi connectivity index (χ2n) is 8.03. The minimum absolute atomic E-state index is 0.102. The van der Waals surface area contributed by atoms with Crippen LogP contribution >= 0.6 is 0 Å². The average molecular weight is 372 g/mol. The minimum atomic E-state index is 0.102. The number of piperidine rings is 1. The zero-order chi connectivity index (χ0) is 19.1. The molecule has 0 unspecified atom stereocenters. The van der Waals surface area contributed by atoms with Crippen LogP contribution in [0.15, 0.2) is 52.7 Å². The number of nitrogens with one attached hydrogen (secondary N) is 1.